The van der Waals surface area contributed by atoms with E-state index in [1.165, 1.54) is 31.0 Å². The van der Waals surface area contributed by atoms with Crippen LogP contribution in [0, 0.1) is 12.8 Å². The summed E-state index contributed by atoms with van der Waals surface area (Å²) in [7, 11) is 1.51. The minimum atomic E-state index is -3.75. The van der Waals surface area contributed by atoms with Crippen LogP contribution < -0.4 is 10.1 Å². The highest BCUT2D eigenvalue weighted by Crippen LogP contribution is 2.27. The zero-order chi connectivity index (χ0) is 14.8. The Balaban J connectivity index is 1.90. The van der Waals surface area contributed by atoms with Crippen LogP contribution in [0.2, 0.25) is 0 Å². The minimum Gasteiger partial charge on any atom is -0.484 e. The summed E-state index contributed by atoms with van der Waals surface area (Å²) in [4.78, 5) is 11.5. The third-order valence-electron chi connectivity index (χ3n) is 3.07. The van der Waals surface area contributed by atoms with Gasteiger partial charge in [-0.15, -0.1) is 0 Å². The number of hydrogen-bond acceptors (Lipinski definition) is 4. The third-order valence-corrected chi connectivity index (χ3v) is 4.42. The topological polar surface area (TPSA) is 72.5 Å². The van der Waals surface area contributed by atoms with Gasteiger partial charge in [-0.2, -0.15) is 0 Å². The zero-order valence-electron chi connectivity index (χ0n) is 11.1. The Morgan fingerprint density at radius 2 is 2.15 bits per heavy atom. The molecule has 0 aromatic heterocycles. The van der Waals surface area contributed by atoms with Crippen LogP contribution in [0.25, 0.3) is 0 Å². The van der Waals surface area contributed by atoms with Gasteiger partial charge in [0.05, 0.1) is 4.90 Å². The van der Waals surface area contributed by atoms with Crippen LogP contribution in [0.1, 0.15) is 18.4 Å². The lowest BCUT2D eigenvalue weighted by atomic mass is 10.2. The second-order valence-corrected chi connectivity index (χ2v) is 7.47. The second-order valence-electron chi connectivity index (χ2n) is 4.90. The normalized spacial score (nSPS) is 14.9. The van der Waals surface area contributed by atoms with Crippen molar-refractivity contribution in [3.05, 3.63) is 23.8 Å². The lowest BCUT2D eigenvalue weighted by Crippen LogP contribution is -2.30. The van der Waals surface area contributed by atoms with E-state index in [9.17, 15) is 13.2 Å². The Labute approximate surface area is 122 Å². The summed E-state index contributed by atoms with van der Waals surface area (Å²) in [5, 5.41) is 2.79. The Morgan fingerprint density at radius 1 is 1.45 bits per heavy atom. The Hall–Kier alpha value is -1.27. The van der Waals surface area contributed by atoms with Crippen LogP contribution >= 0.6 is 10.7 Å². The Bertz CT molecular complexity index is 611. The molecule has 1 aliphatic rings. The number of nitrogens with one attached hydrogen (secondary N) is 1. The number of hydrogen-bond donors (Lipinski definition) is 1. The molecule has 0 aliphatic heterocycles. The summed E-state index contributed by atoms with van der Waals surface area (Å²) >= 11 is 0. The number of ether oxygens (including phenoxy) is 1. The van der Waals surface area contributed by atoms with E-state index < -0.39 is 9.05 Å². The van der Waals surface area contributed by atoms with E-state index >= 15 is 0 Å². The fourth-order valence-corrected chi connectivity index (χ4v) is 2.55. The van der Waals surface area contributed by atoms with Gasteiger partial charge < -0.3 is 10.1 Å². The highest BCUT2D eigenvalue weighted by molar-refractivity contribution is 8.13. The molecule has 1 amide bonds. The Kier molecular flexibility index (Phi) is 4.55. The molecule has 0 bridgehead atoms. The summed E-state index contributed by atoms with van der Waals surface area (Å²) in [6.45, 7) is 2.31. The largest absolute Gasteiger partial charge is 0.484 e. The van der Waals surface area contributed by atoms with Gasteiger partial charge in [-0.1, -0.05) is 0 Å². The van der Waals surface area contributed by atoms with Crippen molar-refractivity contribution in [2.45, 2.75) is 24.7 Å². The van der Waals surface area contributed by atoms with Crippen LogP contribution in [-0.4, -0.2) is 27.5 Å². The van der Waals surface area contributed by atoms with E-state index in [-0.39, 0.29) is 17.4 Å². The van der Waals surface area contributed by atoms with E-state index in [1.807, 2.05) is 0 Å². The van der Waals surface area contributed by atoms with Crippen molar-refractivity contribution in [1.82, 2.24) is 5.32 Å². The number of amides is 1. The first-order valence-electron chi connectivity index (χ1n) is 6.31. The summed E-state index contributed by atoms with van der Waals surface area (Å²) in [5.74, 6) is 0.912. The van der Waals surface area contributed by atoms with E-state index in [1.54, 1.807) is 6.92 Å². The molecule has 0 unspecified atom stereocenters. The van der Waals surface area contributed by atoms with E-state index in [4.69, 9.17) is 15.4 Å². The van der Waals surface area contributed by atoms with Crippen molar-refractivity contribution in [2.24, 2.45) is 5.92 Å². The smallest absolute Gasteiger partial charge is 0.261 e. The first-order chi connectivity index (χ1) is 9.36. The van der Waals surface area contributed by atoms with Crippen LogP contribution in [0.3, 0.4) is 0 Å². The lowest BCUT2D eigenvalue weighted by molar-refractivity contribution is -0.123. The fraction of sp³-hybridized carbons (Fsp3) is 0.462. The molecule has 0 spiro atoms. The molecule has 1 saturated carbocycles. The molecule has 2 rings (SSSR count). The third kappa shape index (κ3) is 4.38. The molecule has 1 fully saturated rings. The molecule has 110 valence electrons. The van der Waals surface area contributed by atoms with Crippen molar-refractivity contribution in [3.8, 4) is 5.75 Å². The van der Waals surface area contributed by atoms with Gasteiger partial charge in [-0.25, -0.2) is 8.42 Å². The van der Waals surface area contributed by atoms with Gasteiger partial charge in [0, 0.05) is 17.2 Å². The van der Waals surface area contributed by atoms with Crippen molar-refractivity contribution >= 4 is 25.6 Å². The minimum absolute atomic E-state index is 0.0159. The Morgan fingerprint density at radius 3 is 2.70 bits per heavy atom. The predicted molar refractivity (Wildman–Crippen MR) is 75.4 cm³/mol. The van der Waals surface area contributed by atoms with Crippen molar-refractivity contribution in [2.75, 3.05) is 13.2 Å². The maximum atomic E-state index is 11.5. The molecule has 1 aromatic carbocycles. The average Bonchev–Trinajstić information content (AvgIpc) is 3.17. The summed E-state index contributed by atoms with van der Waals surface area (Å²) in [6, 6.07) is 4.27. The van der Waals surface area contributed by atoms with Crippen LogP contribution in [0.5, 0.6) is 5.75 Å². The van der Waals surface area contributed by atoms with Gasteiger partial charge in [-0.3, -0.25) is 4.79 Å². The van der Waals surface area contributed by atoms with Crippen LogP contribution in [-0.2, 0) is 13.8 Å². The lowest BCUT2D eigenvalue weighted by Gasteiger charge is -2.10. The maximum Gasteiger partial charge on any atom is 0.261 e. The first-order valence-corrected chi connectivity index (χ1v) is 8.62. The van der Waals surface area contributed by atoms with Crippen molar-refractivity contribution in [3.63, 3.8) is 0 Å². The van der Waals surface area contributed by atoms with Gasteiger partial charge in [0.2, 0.25) is 0 Å². The SMILES string of the molecule is Cc1cc(S(=O)(=O)Cl)ccc1OCC(=O)NCC1CC1. The average molecular weight is 318 g/mol. The van der Waals surface area contributed by atoms with Crippen LogP contribution in [0.15, 0.2) is 23.1 Å². The monoisotopic (exact) mass is 317 g/mol. The standard InChI is InChI=1S/C13H16ClNO4S/c1-9-6-11(20(14,17)18)4-5-12(9)19-8-13(16)15-7-10-2-3-10/h4-6,10H,2-3,7-8H2,1H3,(H,15,16). The van der Waals surface area contributed by atoms with Crippen LogP contribution in [0.4, 0.5) is 0 Å². The molecule has 5 nitrogen and oxygen atoms in total. The number of rotatable bonds is 6. The van der Waals surface area contributed by atoms with E-state index in [0.717, 1.165) is 0 Å². The van der Waals surface area contributed by atoms with E-state index in [2.05, 4.69) is 5.32 Å². The molecule has 0 radical (unpaired) electrons. The van der Waals surface area contributed by atoms with Gasteiger partial charge >= 0.3 is 0 Å². The van der Waals surface area contributed by atoms with Gasteiger partial charge in [0.15, 0.2) is 6.61 Å². The molecule has 1 aliphatic carbocycles. The number of carbonyl (C=O) groups is 1. The first kappa shape index (κ1) is 15.1. The molecule has 1 aromatic rings. The predicted octanol–water partition coefficient (Wildman–Crippen LogP) is 1.83. The summed E-state index contributed by atoms with van der Waals surface area (Å²) in [5.41, 5.74) is 0.613. The zero-order valence-corrected chi connectivity index (χ0v) is 12.6. The highest BCUT2D eigenvalue weighted by atomic mass is 35.7. The molecule has 0 heterocycles. The fourth-order valence-electron chi connectivity index (χ4n) is 1.71. The quantitative estimate of drug-likeness (QED) is 0.812. The number of benzene rings is 1. The van der Waals surface area contributed by atoms with Gasteiger partial charge in [0.25, 0.3) is 15.0 Å². The molecule has 0 saturated heterocycles. The summed E-state index contributed by atoms with van der Waals surface area (Å²) in [6.07, 6.45) is 2.35. The highest BCUT2D eigenvalue weighted by Gasteiger charge is 2.21. The molecule has 7 heteroatoms. The molecule has 1 N–H and O–H groups in total. The number of halogens is 1. The second kappa shape index (κ2) is 6.01. The summed E-state index contributed by atoms with van der Waals surface area (Å²) < 4.78 is 27.7. The molecular weight excluding hydrogens is 302 g/mol. The number of aryl methyl sites for hydroxylation is 1. The molecule has 20 heavy (non-hydrogen) atoms. The van der Waals surface area contributed by atoms with E-state index in [0.29, 0.717) is 23.8 Å². The van der Waals surface area contributed by atoms with Gasteiger partial charge in [-0.05, 0) is 49.4 Å². The molecular formula is C13H16ClNO4S. The van der Waals surface area contributed by atoms with Crippen molar-refractivity contribution < 1.29 is 17.9 Å². The van der Waals surface area contributed by atoms with Gasteiger partial charge in [0.1, 0.15) is 5.75 Å². The molecule has 0 atom stereocenters. The maximum absolute atomic E-state index is 11.5. The number of carbonyl (C=O) groups excluding carboxylic acids is 1. The van der Waals surface area contributed by atoms with Crippen molar-refractivity contribution in [1.29, 1.82) is 0 Å².